The molecular formula is C15H21NO2. The van der Waals surface area contributed by atoms with E-state index in [4.69, 9.17) is 4.74 Å². The van der Waals surface area contributed by atoms with Crippen molar-refractivity contribution in [2.75, 3.05) is 13.7 Å². The molecule has 0 amide bonds. The van der Waals surface area contributed by atoms with Crippen molar-refractivity contribution in [1.82, 2.24) is 4.90 Å². The van der Waals surface area contributed by atoms with Crippen LogP contribution in [0.25, 0.3) is 0 Å². The van der Waals surface area contributed by atoms with Gasteiger partial charge in [-0.1, -0.05) is 36.4 Å². The number of hydrogen-bond acceptors (Lipinski definition) is 3. The predicted molar refractivity (Wildman–Crippen MR) is 73.1 cm³/mol. The van der Waals surface area contributed by atoms with Crippen LogP contribution in [0.4, 0.5) is 0 Å². The number of carbonyl (C=O) groups excluding carboxylic acids is 1. The van der Waals surface area contributed by atoms with Crippen LogP contribution in [0.2, 0.25) is 0 Å². The molecule has 0 saturated heterocycles. The summed E-state index contributed by atoms with van der Waals surface area (Å²) < 4.78 is 5.09. The van der Waals surface area contributed by atoms with Crippen molar-refractivity contribution in [3.8, 4) is 0 Å². The Morgan fingerprint density at radius 1 is 1.44 bits per heavy atom. The number of carbonyl (C=O) groups is 1. The van der Waals surface area contributed by atoms with Crippen molar-refractivity contribution in [3.05, 3.63) is 48.6 Å². The van der Waals surface area contributed by atoms with Crippen molar-refractivity contribution < 1.29 is 9.53 Å². The fourth-order valence-corrected chi connectivity index (χ4v) is 1.83. The second-order valence-electron chi connectivity index (χ2n) is 4.19. The lowest BCUT2D eigenvalue weighted by atomic mass is 10.1. The van der Waals surface area contributed by atoms with Crippen LogP contribution in [0, 0.1) is 0 Å². The fraction of sp³-hybridized carbons (Fsp3) is 0.400. The average Bonchev–Trinajstić information content (AvgIpc) is 2.37. The van der Waals surface area contributed by atoms with Crippen LogP contribution in [0.15, 0.2) is 43.0 Å². The number of rotatable bonds is 7. The van der Waals surface area contributed by atoms with Gasteiger partial charge in [-0.3, -0.25) is 9.69 Å². The number of hydrogen-bond donors (Lipinski definition) is 0. The van der Waals surface area contributed by atoms with Crippen molar-refractivity contribution in [1.29, 1.82) is 0 Å². The minimum absolute atomic E-state index is 0.184. The molecule has 0 spiro atoms. The summed E-state index contributed by atoms with van der Waals surface area (Å²) in [6, 6.07) is 9.81. The highest BCUT2D eigenvalue weighted by Crippen LogP contribution is 2.10. The summed E-state index contributed by atoms with van der Waals surface area (Å²) in [5.74, 6) is -0.184. The first-order chi connectivity index (χ1) is 8.69. The Morgan fingerprint density at radius 2 is 2.11 bits per heavy atom. The summed E-state index contributed by atoms with van der Waals surface area (Å²) in [5.41, 5.74) is 1.18. The van der Waals surface area contributed by atoms with Gasteiger partial charge in [0.05, 0.1) is 6.61 Å². The average molecular weight is 247 g/mol. The van der Waals surface area contributed by atoms with Gasteiger partial charge in [-0.05, 0) is 26.0 Å². The Kier molecular flexibility index (Phi) is 6.15. The minimum Gasteiger partial charge on any atom is -0.465 e. The van der Waals surface area contributed by atoms with Gasteiger partial charge in [-0.2, -0.15) is 0 Å². The van der Waals surface area contributed by atoms with Crippen molar-refractivity contribution >= 4 is 5.97 Å². The van der Waals surface area contributed by atoms with Crippen molar-refractivity contribution in [2.45, 2.75) is 25.9 Å². The molecule has 1 aromatic carbocycles. The van der Waals surface area contributed by atoms with E-state index in [1.54, 1.807) is 6.08 Å². The second-order valence-corrected chi connectivity index (χ2v) is 4.19. The Balaban J connectivity index is 2.67. The molecule has 3 nitrogen and oxygen atoms in total. The lowest BCUT2D eigenvalue weighted by Gasteiger charge is -2.25. The van der Waals surface area contributed by atoms with E-state index in [-0.39, 0.29) is 12.0 Å². The molecule has 0 aliphatic heterocycles. The maximum absolute atomic E-state index is 11.9. The number of nitrogens with zero attached hydrogens (tertiary/aromatic N) is 1. The summed E-state index contributed by atoms with van der Waals surface area (Å²) in [6.45, 7) is 6.65. The predicted octanol–water partition coefficient (Wildman–Crippen LogP) is 2.63. The lowest BCUT2D eigenvalue weighted by molar-refractivity contribution is -0.149. The molecular weight excluding hydrogens is 226 g/mol. The Bertz CT molecular complexity index is 375. The zero-order chi connectivity index (χ0) is 13.4. The molecule has 3 heteroatoms. The zero-order valence-electron chi connectivity index (χ0n) is 11.1. The molecule has 0 bridgehead atoms. The van der Waals surface area contributed by atoms with Gasteiger partial charge < -0.3 is 4.74 Å². The first kappa shape index (κ1) is 14.5. The molecule has 1 unspecified atom stereocenters. The molecule has 0 N–H and O–H groups in total. The van der Waals surface area contributed by atoms with Gasteiger partial charge in [-0.15, -0.1) is 6.58 Å². The van der Waals surface area contributed by atoms with E-state index in [2.05, 4.69) is 6.58 Å². The van der Waals surface area contributed by atoms with E-state index in [1.807, 2.05) is 49.2 Å². The number of likely N-dealkylation sites (N-methyl/N-ethyl adjacent to an activating group) is 1. The largest absolute Gasteiger partial charge is 0.465 e. The first-order valence-electron chi connectivity index (χ1n) is 6.20. The van der Waals surface area contributed by atoms with Crippen LogP contribution >= 0.6 is 0 Å². The van der Waals surface area contributed by atoms with Crippen LogP contribution in [0.5, 0.6) is 0 Å². The molecule has 1 aromatic rings. The second kappa shape index (κ2) is 7.67. The van der Waals surface area contributed by atoms with Crippen LogP contribution < -0.4 is 0 Å². The number of benzene rings is 1. The summed E-state index contributed by atoms with van der Waals surface area (Å²) in [5, 5.41) is 0. The van der Waals surface area contributed by atoms with Gasteiger partial charge in [-0.25, -0.2) is 0 Å². The monoisotopic (exact) mass is 247 g/mol. The summed E-state index contributed by atoms with van der Waals surface area (Å²) >= 11 is 0. The molecule has 0 aliphatic rings. The van der Waals surface area contributed by atoms with Gasteiger partial charge >= 0.3 is 5.97 Å². The highest BCUT2D eigenvalue weighted by Gasteiger charge is 2.22. The summed E-state index contributed by atoms with van der Waals surface area (Å²) in [4.78, 5) is 13.8. The third kappa shape index (κ3) is 4.34. The van der Waals surface area contributed by atoms with Gasteiger partial charge in [0.25, 0.3) is 0 Å². The standard InChI is InChI=1S/C15H21NO2/c1-4-9-14(15(17)18-5-2)16(3)12-13-10-7-6-8-11-13/h4,6-8,10-11,14H,1,5,9,12H2,2-3H3. The molecule has 98 valence electrons. The molecule has 18 heavy (non-hydrogen) atoms. The quantitative estimate of drug-likeness (QED) is 0.548. The Labute approximate surface area is 109 Å². The molecule has 1 rings (SSSR count). The van der Waals surface area contributed by atoms with E-state index < -0.39 is 0 Å². The number of ether oxygens (including phenoxy) is 1. The molecule has 0 aromatic heterocycles. The first-order valence-corrected chi connectivity index (χ1v) is 6.20. The van der Waals surface area contributed by atoms with Gasteiger partial charge in [0.15, 0.2) is 0 Å². The fourth-order valence-electron chi connectivity index (χ4n) is 1.83. The number of esters is 1. The SMILES string of the molecule is C=CCC(C(=O)OCC)N(C)Cc1ccccc1. The molecule has 0 fully saturated rings. The molecule has 0 saturated carbocycles. The Hall–Kier alpha value is -1.61. The molecule has 0 heterocycles. The minimum atomic E-state index is -0.261. The third-order valence-electron chi connectivity index (χ3n) is 2.76. The van der Waals surface area contributed by atoms with Crippen LogP contribution in [-0.4, -0.2) is 30.6 Å². The van der Waals surface area contributed by atoms with E-state index >= 15 is 0 Å². The molecule has 0 aliphatic carbocycles. The maximum atomic E-state index is 11.9. The molecule has 1 atom stereocenters. The van der Waals surface area contributed by atoms with Crippen LogP contribution in [-0.2, 0) is 16.1 Å². The highest BCUT2D eigenvalue weighted by atomic mass is 16.5. The van der Waals surface area contributed by atoms with E-state index in [0.29, 0.717) is 13.0 Å². The Morgan fingerprint density at radius 3 is 2.67 bits per heavy atom. The zero-order valence-corrected chi connectivity index (χ0v) is 11.1. The summed E-state index contributed by atoms with van der Waals surface area (Å²) in [7, 11) is 1.93. The van der Waals surface area contributed by atoms with Gasteiger partial charge in [0.1, 0.15) is 6.04 Å². The van der Waals surface area contributed by atoms with Gasteiger partial charge in [0.2, 0.25) is 0 Å². The van der Waals surface area contributed by atoms with E-state index in [0.717, 1.165) is 6.54 Å². The molecule has 0 radical (unpaired) electrons. The topological polar surface area (TPSA) is 29.5 Å². The van der Waals surface area contributed by atoms with Gasteiger partial charge in [0, 0.05) is 6.54 Å². The van der Waals surface area contributed by atoms with E-state index in [1.165, 1.54) is 5.56 Å². The third-order valence-corrected chi connectivity index (χ3v) is 2.76. The van der Waals surface area contributed by atoms with Crippen LogP contribution in [0.3, 0.4) is 0 Å². The normalized spacial score (nSPS) is 12.2. The van der Waals surface area contributed by atoms with Crippen molar-refractivity contribution in [2.24, 2.45) is 0 Å². The maximum Gasteiger partial charge on any atom is 0.323 e. The summed E-state index contributed by atoms with van der Waals surface area (Å²) in [6.07, 6.45) is 2.35. The smallest absolute Gasteiger partial charge is 0.323 e. The lowest BCUT2D eigenvalue weighted by Crippen LogP contribution is -2.38. The highest BCUT2D eigenvalue weighted by molar-refractivity contribution is 5.76. The van der Waals surface area contributed by atoms with Crippen molar-refractivity contribution in [3.63, 3.8) is 0 Å². The van der Waals surface area contributed by atoms with Crippen LogP contribution in [0.1, 0.15) is 18.9 Å². The van der Waals surface area contributed by atoms with E-state index in [9.17, 15) is 4.79 Å².